The molecule has 1 rings (SSSR count). The van der Waals surface area contributed by atoms with E-state index >= 15 is 0 Å². The number of hydrogen-bond acceptors (Lipinski definition) is 3. The van der Waals surface area contributed by atoms with E-state index in [2.05, 4.69) is 4.72 Å². The molecule has 0 fully saturated rings. The predicted molar refractivity (Wildman–Crippen MR) is 63.8 cm³/mol. The summed E-state index contributed by atoms with van der Waals surface area (Å²) in [6, 6.07) is 6.37. The SMILES string of the molecule is CNS(=O)(=O)N(C)c1ccc(C(=N)N)cc1. The van der Waals surface area contributed by atoms with E-state index in [1.54, 1.807) is 24.3 Å². The Morgan fingerprint density at radius 3 is 2.25 bits per heavy atom. The summed E-state index contributed by atoms with van der Waals surface area (Å²) in [7, 11) is -0.704. The van der Waals surface area contributed by atoms with E-state index in [9.17, 15) is 8.42 Å². The summed E-state index contributed by atoms with van der Waals surface area (Å²) in [6.45, 7) is 0. The zero-order chi connectivity index (χ0) is 12.3. The first-order valence-electron chi connectivity index (χ1n) is 4.50. The number of anilines is 1. The number of amidine groups is 1. The Morgan fingerprint density at radius 2 is 1.88 bits per heavy atom. The Morgan fingerprint density at radius 1 is 1.38 bits per heavy atom. The summed E-state index contributed by atoms with van der Waals surface area (Å²) in [5.41, 5.74) is 6.35. The number of nitrogens with zero attached hydrogens (tertiary/aromatic N) is 1. The van der Waals surface area contributed by atoms with Gasteiger partial charge >= 0.3 is 10.2 Å². The predicted octanol–water partition coefficient (Wildman–Crippen LogP) is -0.129. The quantitative estimate of drug-likeness (QED) is 0.506. The van der Waals surface area contributed by atoms with Crippen molar-refractivity contribution in [1.82, 2.24) is 4.72 Å². The molecule has 0 aliphatic heterocycles. The molecule has 88 valence electrons. The number of rotatable bonds is 4. The van der Waals surface area contributed by atoms with Gasteiger partial charge in [0, 0.05) is 19.7 Å². The smallest absolute Gasteiger partial charge is 0.301 e. The van der Waals surface area contributed by atoms with Crippen molar-refractivity contribution in [2.45, 2.75) is 0 Å². The molecule has 0 spiro atoms. The normalized spacial score (nSPS) is 11.1. The van der Waals surface area contributed by atoms with Gasteiger partial charge in [0.2, 0.25) is 0 Å². The highest BCUT2D eigenvalue weighted by molar-refractivity contribution is 7.90. The Hall–Kier alpha value is -1.60. The molecule has 0 radical (unpaired) electrons. The van der Waals surface area contributed by atoms with Crippen molar-refractivity contribution in [2.24, 2.45) is 5.73 Å². The van der Waals surface area contributed by atoms with Crippen LogP contribution in [0.25, 0.3) is 0 Å². The van der Waals surface area contributed by atoms with Crippen molar-refractivity contribution in [3.8, 4) is 0 Å². The minimum Gasteiger partial charge on any atom is -0.384 e. The summed E-state index contributed by atoms with van der Waals surface area (Å²) in [4.78, 5) is 0. The van der Waals surface area contributed by atoms with Crippen LogP contribution in [-0.4, -0.2) is 28.3 Å². The summed E-state index contributed by atoms with van der Waals surface area (Å²) < 4.78 is 26.2. The topological polar surface area (TPSA) is 99.3 Å². The van der Waals surface area contributed by atoms with Gasteiger partial charge in [0.1, 0.15) is 5.84 Å². The van der Waals surface area contributed by atoms with E-state index < -0.39 is 10.2 Å². The van der Waals surface area contributed by atoms with Gasteiger partial charge in [-0.2, -0.15) is 8.42 Å². The monoisotopic (exact) mass is 242 g/mol. The third-order valence-electron chi connectivity index (χ3n) is 2.16. The summed E-state index contributed by atoms with van der Waals surface area (Å²) >= 11 is 0. The maximum Gasteiger partial charge on any atom is 0.301 e. The van der Waals surface area contributed by atoms with E-state index in [1.165, 1.54) is 14.1 Å². The lowest BCUT2D eigenvalue weighted by molar-refractivity contribution is 0.586. The molecule has 0 heterocycles. The van der Waals surface area contributed by atoms with Crippen LogP contribution in [0.3, 0.4) is 0 Å². The molecule has 0 unspecified atom stereocenters. The van der Waals surface area contributed by atoms with E-state index in [4.69, 9.17) is 11.1 Å². The zero-order valence-corrected chi connectivity index (χ0v) is 9.88. The Labute approximate surface area is 94.8 Å². The molecule has 0 saturated carbocycles. The second-order valence-electron chi connectivity index (χ2n) is 3.14. The lowest BCUT2D eigenvalue weighted by Crippen LogP contribution is -2.35. The molecular weight excluding hydrogens is 228 g/mol. The Balaban J connectivity index is 3.03. The first-order chi connectivity index (χ1) is 7.38. The van der Waals surface area contributed by atoms with Gasteiger partial charge in [0.25, 0.3) is 0 Å². The van der Waals surface area contributed by atoms with E-state index in [-0.39, 0.29) is 5.84 Å². The minimum atomic E-state index is -3.49. The third-order valence-corrected chi connectivity index (χ3v) is 3.61. The summed E-state index contributed by atoms with van der Waals surface area (Å²) in [5, 5.41) is 7.21. The van der Waals surface area contributed by atoms with Crippen LogP contribution in [0.15, 0.2) is 24.3 Å². The Bertz CT molecular complexity index is 481. The molecule has 0 aliphatic carbocycles. The molecule has 0 amide bonds. The van der Waals surface area contributed by atoms with Gasteiger partial charge in [0.15, 0.2) is 0 Å². The second-order valence-corrected chi connectivity index (χ2v) is 5.04. The van der Waals surface area contributed by atoms with Crippen molar-refractivity contribution in [3.05, 3.63) is 29.8 Å². The minimum absolute atomic E-state index is 0.0503. The summed E-state index contributed by atoms with van der Waals surface area (Å²) in [6.07, 6.45) is 0. The molecular formula is C9H14N4O2S. The first kappa shape index (κ1) is 12.5. The van der Waals surface area contributed by atoms with Gasteiger partial charge in [-0.1, -0.05) is 0 Å². The number of hydrogen-bond donors (Lipinski definition) is 3. The number of nitrogen functional groups attached to an aromatic ring is 1. The summed E-state index contributed by atoms with van der Waals surface area (Å²) in [5.74, 6) is -0.0503. The van der Waals surface area contributed by atoms with Crippen molar-refractivity contribution >= 4 is 21.7 Å². The largest absolute Gasteiger partial charge is 0.384 e. The molecule has 0 atom stereocenters. The van der Waals surface area contributed by atoms with Crippen LogP contribution in [0.5, 0.6) is 0 Å². The molecule has 1 aromatic carbocycles. The average molecular weight is 242 g/mol. The molecule has 0 aliphatic rings. The van der Waals surface area contributed by atoms with Gasteiger partial charge in [0.05, 0.1) is 5.69 Å². The lowest BCUT2D eigenvalue weighted by atomic mass is 10.2. The average Bonchev–Trinajstić information content (AvgIpc) is 2.28. The highest BCUT2D eigenvalue weighted by Crippen LogP contribution is 2.15. The maximum absolute atomic E-state index is 11.5. The van der Waals surface area contributed by atoms with Gasteiger partial charge < -0.3 is 5.73 Å². The number of nitrogens with two attached hydrogens (primary N) is 1. The molecule has 7 heteroatoms. The van der Waals surface area contributed by atoms with Crippen LogP contribution >= 0.6 is 0 Å². The first-order valence-corrected chi connectivity index (χ1v) is 5.94. The molecule has 0 saturated heterocycles. The molecule has 0 bridgehead atoms. The number of benzene rings is 1. The van der Waals surface area contributed by atoms with Crippen molar-refractivity contribution in [3.63, 3.8) is 0 Å². The van der Waals surface area contributed by atoms with Crippen molar-refractivity contribution < 1.29 is 8.42 Å². The molecule has 6 nitrogen and oxygen atoms in total. The lowest BCUT2D eigenvalue weighted by Gasteiger charge is -2.18. The highest BCUT2D eigenvalue weighted by Gasteiger charge is 2.15. The fraction of sp³-hybridized carbons (Fsp3) is 0.222. The Kier molecular flexibility index (Phi) is 3.51. The second kappa shape index (κ2) is 4.50. The highest BCUT2D eigenvalue weighted by atomic mass is 32.2. The number of nitrogens with one attached hydrogen (secondary N) is 2. The van der Waals surface area contributed by atoms with Crippen molar-refractivity contribution in [1.29, 1.82) is 5.41 Å². The van der Waals surface area contributed by atoms with Crippen molar-refractivity contribution in [2.75, 3.05) is 18.4 Å². The standard InChI is InChI=1S/C9H14N4O2S/c1-12-16(14,15)13(2)8-5-3-7(4-6-8)9(10)11/h3-6,12H,1-2H3,(H3,10,11). The van der Waals surface area contributed by atoms with Crippen LogP contribution in [0.2, 0.25) is 0 Å². The van der Waals surface area contributed by atoms with Crippen LogP contribution < -0.4 is 14.8 Å². The van der Waals surface area contributed by atoms with Crippen LogP contribution in [0.4, 0.5) is 5.69 Å². The van der Waals surface area contributed by atoms with Crippen LogP contribution in [0.1, 0.15) is 5.56 Å². The molecule has 0 aromatic heterocycles. The maximum atomic E-state index is 11.5. The fourth-order valence-corrected chi connectivity index (χ4v) is 1.80. The van der Waals surface area contributed by atoms with E-state index in [0.29, 0.717) is 11.3 Å². The van der Waals surface area contributed by atoms with Gasteiger partial charge in [-0.05, 0) is 24.3 Å². The van der Waals surface area contributed by atoms with Crippen LogP contribution in [0, 0.1) is 5.41 Å². The molecule has 16 heavy (non-hydrogen) atoms. The van der Waals surface area contributed by atoms with Gasteiger partial charge in [-0.3, -0.25) is 9.71 Å². The third kappa shape index (κ3) is 2.50. The van der Waals surface area contributed by atoms with Crippen LogP contribution in [-0.2, 0) is 10.2 Å². The van der Waals surface area contributed by atoms with Gasteiger partial charge in [-0.15, -0.1) is 0 Å². The van der Waals surface area contributed by atoms with E-state index in [0.717, 1.165) is 4.31 Å². The molecule has 4 N–H and O–H groups in total. The fourth-order valence-electron chi connectivity index (χ4n) is 1.13. The van der Waals surface area contributed by atoms with Gasteiger partial charge in [-0.25, -0.2) is 4.72 Å². The zero-order valence-electron chi connectivity index (χ0n) is 9.06. The molecule has 1 aromatic rings. The van der Waals surface area contributed by atoms with E-state index in [1.807, 2.05) is 0 Å².